The minimum atomic E-state index is -0.586. The Bertz CT molecular complexity index is 893. The fraction of sp³-hybridized carbons (Fsp3) is 0.174. The summed E-state index contributed by atoms with van der Waals surface area (Å²) in [6, 6.07) is 24.5. The van der Waals surface area contributed by atoms with Gasteiger partial charge in [0.05, 0.1) is 5.69 Å². The van der Waals surface area contributed by atoms with E-state index >= 15 is 0 Å². The molecule has 4 heteroatoms. The zero-order valence-electron chi connectivity index (χ0n) is 15.5. The predicted octanol–water partition coefficient (Wildman–Crippen LogP) is 5.58. The Labute approximate surface area is 159 Å². The third kappa shape index (κ3) is 5.11. The maximum absolute atomic E-state index is 12.7. The lowest BCUT2D eigenvalue weighted by Crippen LogP contribution is -2.32. The highest BCUT2D eigenvalue weighted by molar-refractivity contribution is 5.95. The van der Waals surface area contributed by atoms with Crippen LogP contribution in [0.15, 0.2) is 78.9 Å². The number of rotatable bonds is 7. The van der Waals surface area contributed by atoms with E-state index < -0.39 is 6.10 Å². The van der Waals surface area contributed by atoms with Crippen molar-refractivity contribution in [3.8, 4) is 17.2 Å². The first kappa shape index (κ1) is 18.5. The standard InChI is InChI=1S/C23H23NO3/c1-3-21(27-19-13-9-10-17(2)16-19)23(25)24-20-14-7-8-15-22(20)26-18-11-5-4-6-12-18/h4-16,21H,3H2,1-2H3,(H,24,25)/t21-/m1/s1. The van der Waals surface area contributed by atoms with Gasteiger partial charge in [0.15, 0.2) is 11.9 Å². The summed E-state index contributed by atoms with van der Waals surface area (Å²) in [6.45, 7) is 3.91. The van der Waals surface area contributed by atoms with Crippen molar-refractivity contribution in [3.05, 3.63) is 84.4 Å². The fourth-order valence-electron chi connectivity index (χ4n) is 2.66. The molecule has 0 aliphatic carbocycles. The molecule has 0 aliphatic rings. The Morgan fingerprint density at radius 3 is 2.37 bits per heavy atom. The summed E-state index contributed by atoms with van der Waals surface area (Å²) in [5.41, 5.74) is 1.70. The summed E-state index contributed by atoms with van der Waals surface area (Å²) in [5.74, 6) is 1.78. The number of nitrogens with one attached hydrogen (secondary N) is 1. The number of ether oxygens (including phenoxy) is 2. The van der Waals surface area contributed by atoms with Gasteiger partial charge < -0.3 is 14.8 Å². The summed E-state index contributed by atoms with van der Waals surface area (Å²) in [4.78, 5) is 12.7. The molecule has 3 rings (SSSR count). The van der Waals surface area contributed by atoms with E-state index in [0.717, 1.165) is 5.56 Å². The Morgan fingerprint density at radius 1 is 0.926 bits per heavy atom. The van der Waals surface area contributed by atoms with Gasteiger partial charge in [0.2, 0.25) is 0 Å². The van der Waals surface area contributed by atoms with Crippen LogP contribution in [-0.4, -0.2) is 12.0 Å². The van der Waals surface area contributed by atoms with Crippen LogP contribution in [0.4, 0.5) is 5.69 Å². The van der Waals surface area contributed by atoms with Gasteiger partial charge >= 0.3 is 0 Å². The Morgan fingerprint density at radius 2 is 1.63 bits per heavy atom. The van der Waals surface area contributed by atoms with Crippen molar-refractivity contribution >= 4 is 11.6 Å². The number of hydrogen-bond donors (Lipinski definition) is 1. The SMILES string of the molecule is CC[C@@H](Oc1cccc(C)c1)C(=O)Nc1ccccc1Oc1ccccc1. The smallest absolute Gasteiger partial charge is 0.265 e. The van der Waals surface area contributed by atoms with E-state index in [1.54, 1.807) is 0 Å². The van der Waals surface area contributed by atoms with Crippen molar-refractivity contribution < 1.29 is 14.3 Å². The quantitative estimate of drug-likeness (QED) is 0.597. The van der Waals surface area contributed by atoms with Crippen LogP contribution in [0.25, 0.3) is 0 Å². The van der Waals surface area contributed by atoms with E-state index in [2.05, 4.69) is 5.32 Å². The van der Waals surface area contributed by atoms with Gasteiger partial charge in [-0.1, -0.05) is 49.4 Å². The van der Waals surface area contributed by atoms with Crippen molar-refractivity contribution in [1.82, 2.24) is 0 Å². The van der Waals surface area contributed by atoms with Crippen LogP contribution >= 0.6 is 0 Å². The third-order valence-corrected chi connectivity index (χ3v) is 4.05. The topological polar surface area (TPSA) is 47.6 Å². The van der Waals surface area contributed by atoms with Crippen LogP contribution in [0.2, 0.25) is 0 Å². The molecule has 0 bridgehead atoms. The van der Waals surface area contributed by atoms with E-state index in [0.29, 0.717) is 29.4 Å². The first-order valence-electron chi connectivity index (χ1n) is 9.02. The largest absolute Gasteiger partial charge is 0.481 e. The molecule has 0 heterocycles. The summed E-state index contributed by atoms with van der Waals surface area (Å²) >= 11 is 0. The molecule has 0 saturated carbocycles. The molecule has 0 radical (unpaired) electrons. The summed E-state index contributed by atoms with van der Waals surface area (Å²) < 4.78 is 11.8. The van der Waals surface area contributed by atoms with Crippen LogP contribution < -0.4 is 14.8 Å². The normalized spacial score (nSPS) is 11.5. The molecule has 1 atom stereocenters. The van der Waals surface area contributed by atoms with Gasteiger partial charge in [-0.2, -0.15) is 0 Å². The maximum atomic E-state index is 12.7. The summed E-state index contributed by atoms with van der Waals surface area (Å²) in [5, 5.41) is 2.93. The molecule has 27 heavy (non-hydrogen) atoms. The highest BCUT2D eigenvalue weighted by atomic mass is 16.5. The molecule has 0 aliphatic heterocycles. The number of anilines is 1. The highest BCUT2D eigenvalue weighted by Gasteiger charge is 2.20. The molecule has 0 aromatic heterocycles. The van der Waals surface area contributed by atoms with Crippen LogP contribution in [0.3, 0.4) is 0 Å². The maximum Gasteiger partial charge on any atom is 0.265 e. The van der Waals surface area contributed by atoms with Crippen LogP contribution in [-0.2, 0) is 4.79 Å². The molecule has 138 valence electrons. The number of carbonyl (C=O) groups is 1. The lowest BCUT2D eigenvalue weighted by atomic mass is 10.2. The Balaban J connectivity index is 1.72. The third-order valence-electron chi connectivity index (χ3n) is 4.05. The van der Waals surface area contributed by atoms with Crippen molar-refractivity contribution in [2.24, 2.45) is 0 Å². The van der Waals surface area contributed by atoms with Crippen molar-refractivity contribution in [2.75, 3.05) is 5.32 Å². The van der Waals surface area contributed by atoms with E-state index in [1.165, 1.54) is 0 Å². The van der Waals surface area contributed by atoms with Gasteiger partial charge in [0.1, 0.15) is 11.5 Å². The lowest BCUT2D eigenvalue weighted by molar-refractivity contribution is -0.122. The number of para-hydroxylation sites is 3. The first-order chi connectivity index (χ1) is 13.2. The lowest BCUT2D eigenvalue weighted by Gasteiger charge is -2.19. The van der Waals surface area contributed by atoms with Gasteiger partial charge in [0, 0.05) is 0 Å². The highest BCUT2D eigenvalue weighted by Crippen LogP contribution is 2.29. The molecule has 0 spiro atoms. The fourth-order valence-corrected chi connectivity index (χ4v) is 2.66. The van der Waals surface area contributed by atoms with E-state index in [1.807, 2.05) is 92.7 Å². The van der Waals surface area contributed by atoms with Crippen molar-refractivity contribution in [2.45, 2.75) is 26.4 Å². The minimum Gasteiger partial charge on any atom is -0.481 e. The van der Waals surface area contributed by atoms with Gasteiger partial charge in [-0.3, -0.25) is 4.79 Å². The van der Waals surface area contributed by atoms with Crippen LogP contribution in [0, 0.1) is 6.92 Å². The molecular weight excluding hydrogens is 338 g/mol. The van der Waals surface area contributed by atoms with Gasteiger partial charge in [0.25, 0.3) is 5.91 Å². The van der Waals surface area contributed by atoms with Crippen LogP contribution in [0.1, 0.15) is 18.9 Å². The van der Waals surface area contributed by atoms with Gasteiger partial charge in [-0.05, 0) is 55.3 Å². The summed E-state index contributed by atoms with van der Waals surface area (Å²) in [6.07, 6.45) is -0.0295. The molecule has 0 fully saturated rings. The molecule has 4 nitrogen and oxygen atoms in total. The minimum absolute atomic E-state index is 0.205. The predicted molar refractivity (Wildman–Crippen MR) is 107 cm³/mol. The molecule has 0 unspecified atom stereocenters. The van der Waals surface area contributed by atoms with Gasteiger partial charge in [-0.15, -0.1) is 0 Å². The van der Waals surface area contributed by atoms with Crippen molar-refractivity contribution in [1.29, 1.82) is 0 Å². The number of hydrogen-bond acceptors (Lipinski definition) is 3. The molecule has 3 aromatic rings. The van der Waals surface area contributed by atoms with Crippen LogP contribution in [0.5, 0.6) is 17.2 Å². The summed E-state index contributed by atoms with van der Waals surface area (Å²) in [7, 11) is 0. The second-order valence-electron chi connectivity index (χ2n) is 6.23. The Hall–Kier alpha value is -3.27. The molecule has 3 aromatic carbocycles. The van der Waals surface area contributed by atoms with E-state index in [-0.39, 0.29) is 5.91 Å². The number of carbonyl (C=O) groups excluding carboxylic acids is 1. The average molecular weight is 361 g/mol. The zero-order valence-corrected chi connectivity index (χ0v) is 15.5. The second-order valence-corrected chi connectivity index (χ2v) is 6.23. The monoisotopic (exact) mass is 361 g/mol. The average Bonchev–Trinajstić information content (AvgIpc) is 2.68. The molecular formula is C23H23NO3. The van der Waals surface area contributed by atoms with Gasteiger partial charge in [-0.25, -0.2) is 0 Å². The number of amides is 1. The molecule has 1 amide bonds. The van der Waals surface area contributed by atoms with E-state index in [9.17, 15) is 4.79 Å². The number of aryl methyl sites for hydroxylation is 1. The molecule has 1 N–H and O–H groups in total. The first-order valence-corrected chi connectivity index (χ1v) is 9.02. The van der Waals surface area contributed by atoms with E-state index in [4.69, 9.17) is 9.47 Å². The second kappa shape index (κ2) is 8.90. The Kier molecular flexibility index (Phi) is 6.10. The molecule has 0 saturated heterocycles. The van der Waals surface area contributed by atoms with Crippen molar-refractivity contribution in [3.63, 3.8) is 0 Å². The number of benzene rings is 3. The zero-order chi connectivity index (χ0) is 19.1.